The van der Waals surface area contributed by atoms with Gasteiger partial charge in [0.2, 0.25) is 0 Å². The molecule has 0 heterocycles. The molecule has 0 bridgehead atoms. The third kappa shape index (κ3) is 5.60. The van der Waals surface area contributed by atoms with Gasteiger partial charge in [0.05, 0.1) is 0 Å². The van der Waals surface area contributed by atoms with E-state index in [2.05, 4.69) is 68.1 Å². The molecule has 0 N–H and O–H groups in total. The highest BCUT2D eigenvalue weighted by molar-refractivity contribution is 5.89. The van der Waals surface area contributed by atoms with Gasteiger partial charge in [-0.3, -0.25) is 0 Å². The molecule has 4 aromatic carbocycles. The van der Waals surface area contributed by atoms with Crippen molar-refractivity contribution in [3.8, 4) is 22.3 Å². The van der Waals surface area contributed by atoms with Crippen LogP contribution in [0.15, 0.2) is 91.5 Å². The molecular weight excluding hydrogens is 403 g/mol. The number of fused-ring (bicyclic) bond motifs is 1. The van der Waals surface area contributed by atoms with E-state index in [0.717, 1.165) is 35.8 Å². The summed E-state index contributed by atoms with van der Waals surface area (Å²) in [5.74, 6) is -0.135. The number of allylic oxidation sites excluding steroid dienone is 1. The molecule has 4 rings (SSSR count). The molecule has 1 heteroatoms. The summed E-state index contributed by atoms with van der Waals surface area (Å²) in [5.41, 5.74) is 6.49. The topological polar surface area (TPSA) is 0 Å². The first-order chi connectivity index (χ1) is 16.2. The number of aryl methyl sites for hydroxylation is 2. The van der Waals surface area contributed by atoms with Crippen molar-refractivity contribution in [1.82, 2.24) is 0 Å². The largest absolute Gasteiger partial charge is 0.206 e. The standard InChI is InChI=1S/C32H33F/c1-3-5-7-8-10-25-13-21-31-29(23-25)20-22-30(32(31)33)28-18-16-27(17-19-28)26-14-11-24(12-15-26)9-6-4-2/h4,11-23H,2-3,5-10H2,1H3. The third-order valence-electron chi connectivity index (χ3n) is 6.46. The molecule has 0 fully saturated rings. The average molecular weight is 437 g/mol. The van der Waals surface area contributed by atoms with Crippen molar-refractivity contribution in [2.24, 2.45) is 0 Å². The number of halogens is 1. The molecule has 0 aromatic heterocycles. The fraction of sp³-hybridized carbons (Fsp3) is 0.250. The maximum atomic E-state index is 15.4. The summed E-state index contributed by atoms with van der Waals surface area (Å²) in [6.07, 6.45) is 10.0. The molecule has 0 saturated heterocycles. The van der Waals surface area contributed by atoms with Gasteiger partial charge in [0.1, 0.15) is 5.82 Å². The van der Waals surface area contributed by atoms with Crippen molar-refractivity contribution in [1.29, 1.82) is 0 Å². The van der Waals surface area contributed by atoms with Gasteiger partial charge in [-0.1, -0.05) is 111 Å². The Morgan fingerprint density at radius 2 is 1.36 bits per heavy atom. The number of rotatable bonds is 10. The van der Waals surface area contributed by atoms with E-state index < -0.39 is 0 Å². The molecule has 0 aliphatic rings. The molecule has 168 valence electrons. The Labute approximate surface area is 197 Å². The molecule has 0 unspecified atom stereocenters. The maximum absolute atomic E-state index is 15.4. The molecular formula is C32H33F. The van der Waals surface area contributed by atoms with E-state index in [1.54, 1.807) is 0 Å². The Bertz CT molecular complexity index is 1200. The number of hydrogen-bond acceptors (Lipinski definition) is 0. The molecule has 33 heavy (non-hydrogen) atoms. The number of benzene rings is 4. The van der Waals surface area contributed by atoms with E-state index in [4.69, 9.17) is 0 Å². The van der Waals surface area contributed by atoms with Crippen molar-refractivity contribution in [2.45, 2.75) is 51.9 Å². The fourth-order valence-electron chi connectivity index (χ4n) is 4.45. The highest BCUT2D eigenvalue weighted by Crippen LogP contribution is 2.31. The molecule has 0 radical (unpaired) electrons. The zero-order valence-electron chi connectivity index (χ0n) is 19.6. The second-order valence-corrected chi connectivity index (χ2v) is 8.89. The van der Waals surface area contributed by atoms with Gasteiger partial charge in [-0.25, -0.2) is 4.39 Å². The maximum Gasteiger partial charge on any atom is 0.138 e. The first kappa shape index (κ1) is 23.0. The van der Waals surface area contributed by atoms with Crippen molar-refractivity contribution in [3.05, 3.63) is 108 Å². The van der Waals surface area contributed by atoms with Gasteiger partial charge in [0.25, 0.3) is 0 Å². The van der Waals surface area contributed by atoms with Gasteiger partial charge in [-0.15, -0.1) is 6.58 Å². The van der Waals surface area contributed by atoms with Crippen LogP contribution in [0.4, 0.5) is 4.39 Å². The minimum atomic E-state index is -0.135. The lowest BCUT2D eigenvalue weighted by atomic mass is 9.96. The lowest BCUT2D eigenvalue weighted by molar-refractivity contribution is 0.643. The van der Waals surface area contributed by atoms with Gasteiger partial charge in [-0.2, -0.15) is 0 Å². The van der Waals surface area contributed by atoms with E-state index in [9.17, 15) is 0 Å². The minimum absolute atomic E-state index is 0.135. The Kier molecular flexibility index (Phi) is 7.73. The number of hydrogen-bond donors (Lipinski definition) is 0. The molecule has 0 saturated carbocycles. The third-order valence-corrected chi connectivity index (χ3v) is 6.46. The highest BCUT2D eigenvalue weighted by Gasteiger charge is 2.10. The van der Waals surface area contributed by atoms with Crippen LogP contribution in [0.2, 0.25) is 0 Å². The zero-order valence-corrected chi connectivity index (χ0v) is 19.6. The normalized spacial score (nSPS) is 11.1. The van der Waals surface area contributed by atoms with Crippen molar-refractivity contribution >= 4 is 10.8 Å². The average Bonchev–Trinajstić information content (AvgIpc) is 2.86. The number of unbranched alkanes of at least 4 members (excludes halogenated alkanes) is 3. The fourth-order valence-corrected chi connectivity index (χ4v) is 4.45. The summed E-state index contributed by atoms with van der Waals surface area (Å²) in [7, 11) is 0. The van der Waals surface area contributed by atoms with Gasteiger partial charge in [0.15, 0.2) is 0 Å². The van der Waals surface area contributed by atoms with Crippen LogP contribution >= 0.6 is 0 Å². The zero-order chi connectivity index (χ0) is 23.0. The van der Waals surface area contributed by atoms with Gasteiger partial charge in [0, 0.05) is 10.9 Å². The van der Waals surface area contributed by atoms with Gasteiger partial charge >= 0.3 is 0 Å². The predicted octanol–water partition coefficient (Wildman–Crippen LogP) is 9.55. The Balaban J connectivity index is 1.52. The van der Waals surface area contributed by atoms with E-state index in [1.807, 2.05) is 30.3 Å². The van der Waals surface area contributed by atoms with Gasteiger partial charge < -0.3 is 0 Å². The van der Waals surface area contributed by atoms with E-state index in [-0.39, 0.29) is 5.82 Å². The van der Waals surface area contributed by atoms with E-state index >= 15 is 4.39 Å². The molecule has 0 aliphatic carbocycles. The molecule has 4 aromatic rings. The quantitative estimate of drug-likeness (QED) is 0.171. The molecule has 0 nitrogen and oxygen atoms in total. The summed E-state index contributed by atoms with van der Waals surface area (Å²) in [6, 6.07) is 27.0. The van der Waals surface area contributed by atoms with Crippen LogP contribution in [0, 0.1) is 5.82 Å². The van der Waals surface area contributed by atoms with Gasteiger partial charge in [-0.05, 0) is 58.9 Å². The highest BCUT2D eigenvalue weighted by atomic mass is 19.1. The van der Waals surface area contributed by atoms with Crippen LogP contribution in [0.5, 0.6) is 0 Å². The van der Waals surface area contributed by atoms with Crippen LogP contribution in [0.1, 0.15) is 50.2 Å². The minimum Gasteiger partial charge on any atom is -0.206 e. The first-order valence-corrected chi connectivity index (χ1v) is 12.2. The van der Waals surface area contributed by atoms with Crippen LogP contribution in [0.3, 0.4) is 0 Å². The predicted molar refractivity (Wildman–Crippen MR) is 141 cm³/mol. The SMILES string of the molecule is C=CCCc1ccc(-c2ccc(-c3ccc4cc(CCCCCC)ccc4c3F)cc2)cc1. The van der Waals surface area contributed by atoms with Crippen LogP contribution in [0.25, 0.3) is 33.0 Å². The smallest absolute Gasteiger partial charge is 0.138 e. The van der Waals surface area contributed by atoms with Crippen molar-refractivity contribution in [2.75, 3.05) is 0 Å². The second-order valence-electron chi connectivity index (χ2n) is 8.89. The Hall–Kier alpha value is -3.19. The lowest BCUT2D eigenvalue weighted by Gasteiger charge is -2.10. The molecule has 0 spiro atoms. The summed E-state index contributed by atoms with van der Waals surface area (Å²) in [5, 5.41) is 1.68. The van der Waals surface area contributed by atoms with E-state index in [0.29, 0.717) is 10.9 Å². The van der Waals surface area contributed by atoms with Crippen molar-refractivity contribution < 1.29 is 4.39 Å². The summed E-state index contributed by atoms with van der Waals surface area (Å²) < 4.78 is 15.4. The van der Waals surface area contributed by atoms with Crippen LogP contribution in [-0.4, -0.2) is 0 Å². The molecule has 0 atom stereocenters. The molecule has 0 amide bonds. The Morgan fingerprint density at radius 3 is 2.06 bits per heavy atom. The Morgan fingerprint density at radius 1 is 0.697 bits per heavy atom. The summed E-state index contributed by atoms with van der Waals surface area (Å²) >= 11 is 0. The lowest BCUT2D eigenvalue weighted by Crippen LogP contribution is -1.90. The van der Waals surface area contributed by atoms with E-state index in [1.165, 1.54) is 42.4 Å². The summed E-state index contributed by atoms with van der Waals surface area (Å²) in [4.78, 5) is 0. The van der Waals surface area contributed by atoms with Crippen LogP contribution in [-0.2, 0) is 12.8 Å². The van der Waals surface area contributed by atoms with Crippen LogP contribution < -0.4 is 0 Å². The summed E-state index contributed by atoms with van der Waals surface area (Å²) in [6.45, 7) is 6.02. The monoisotopic (exact) mass is 436 g/mol. The second kappa shape index (κ2) is 11.1. The molecule has 0 aliphatic heterocycles. The van der Waals surface area contributed by atoms with Crippen molar-refractivity contribution in [3.63, 3.8) is 0 Å². The first-order valence-electron chi connectivity index (χ1n) is 12.2.